The van der Waals surface area contributed by atoms with Crippen molar-refractivity contribution < 1.29 is 0 Å². The zero-order valence-corrected chi connectivity index (χ0v) is 43.1. The molecule has 1 aliphatic heterocycles. The second kappa shape index (κ2) is 17.1. The van der Waals surface area contributed by atoms with Gasteiger partial charge in [0, 0.05) is 33.3 Å². The molecular formula is C72H60N2. The zero-order valence-electron chi connectivity index (χ0n) is 43.1. The van der Waals surface area contributed by atoms with E-state index in [4.69, 9.17) is 0 Å². The van der Waals surface area contributed by atoms with Crippen molar-refractivity contribution in [1.82, 2.24) is 0 Å². The molecule has 3 aliphatic rings. The molecule has 2 nitrogen and oxygen atoms in total. The molecule has 2 heteroatoms. The molecule has 74 heavy (non-hydrogen) atoms. The van der Waals surface area contributed by atoms with E-state index in [1.165, 1.54) is 100 Å². The molecule has 0 spiro atoms. The van der Waals surface area contributed by atoms with Crippen molar-refractivity contribution in [2.45, 2.75) is 63.2 Å². The summed E-state index contributed by atoms with van der Waals surface area (Å²) in [4.78, 5) is 2.50. The van der Waals surface area contributed by atoms with E-state index in [-0.39, 0.29) is 16.2 Å². The maximum atomic E-state index is 3.86. The van der Waals surface area contributed by atoms with E-state index in [1.54, 1.807) is 0 Å². The van der Waals surface area contributed by atoms with Crippen LogP contribution in [0.3, 0.4) is 0 Å². The molecule has 2 aliphatic carbocycles. The number of benzene rings is 10. The lowest BCUT2D eigenvalue weighted by Crippen LogP contribution is -2.32. The third-order valence-corrected chi connectivity index (χ3v) is 17.0. The van der Waals surface area contributed by atoms with Gasteiger partial charge in [-0.1, -0.05) is 230 Å². The quantitative estimate of drug-likeness (QED) is 0.145. The first-order valence-electron chi connectivity index (χ1n) is 26.2. The average Bonchev–Trinajstić information content (AvgIpc) is 3.87. The number of anilines is 5. The van der Waals surface area contributed by atoms with E-state index in [9.17, 15) is 0 Å². The predicted molar refractivity (Wildman–Crippen MR) is 312 cm³/mol. The van der Waals surface area contributed by atoms with Crippen molar-refractivity contribution in [2.75, 3.05) is 10.2 Å². The molecule has 0 fully saturated rings. The van der Waals surface area contributed by atoms with Gasteiger partial charge in [0.2, 0.25) is 0 Å². The number of hydrogen-bond acceptors (Lipinski definition) is 2. The molecule has 0 unspecified atom stereocenters. The van der Waals surface area contributed by atoms with Gasteiger partial charge in [-0.3, -0.25) is 0 Å². The molecule has 0 atom stereocenters. The van der Waals surface area contributed by atoms with Crippen molar-refractivity contribution in [3.63, 3.8) is 0 Å². The van der Waals surface area contributed by atoms with E-state index < -0.39 is 5.41 Å². The molecule has 0 radical (unpaired) electrons. The van der Waals surface area contributed by atoms with Crippen molar-refractivity contribution >= 4 is 40.6 Å². The molecule has 358 valence electrons. The summed E-state index contributed by atoms with van der Waals surface area (Å²) in [6.45, 7) is 14.3. The normalized spacial score (nSPS) is 15.1. The summed E-state index contributed by atoms with van der Waals surface area (Å²) in [5, 5.41) is 3.86. The molecule has 10 aromatic carbocycles. The Kier molecular flexibility index (Phi) is 10.5. The Morgan fingerprint density at radius 3 is 1.51 bits per heavy atom. The fourth-order valence-electron chi connectivity index (χ4n) is 13.1. The third kappa shape index (κ3) is 6.92. The minimum Gasteiger partial charge on any atom is -0.355 e. The van der Waals surface area contributed by atoms with Gasteiger partial charge >= 0.3 is 0 Å². The van der Waals surface area contributed by atoms with Gasteiger partial charge in [-0.25, -0.2) is 0 Å². The molecule has 0 aromatic heterocycles. The Bertz CT molecular complexity index is 3770. The smallest absolute Gasteiger partial charge is 0.0714 e. The highest BCUT2D eigenvalue weighted by atomic mass is 15.2. The number of rotatable bonds is 9. The second-order valence-electron chi connectivity index (χ2n) is 22.2. The second-order valence-corrected chi connectivity index (χ2v) is 22.2. The number of fused-ring (bicyclic) bond motifs is 8. The van der Waals surface area contributed by atoms with Gasteiger partial charge in [0.1, 0.15) is 0 Å². The summed E-state index contributed by atoms with van der Waals surface area (Å²) in [6.07, 6.45) is 4.64. The van der Waals surface area contributed by atoms with Gasteiger partial charge in [0.05, 0.1) is 16.8 Å². The van der Waals surface area contributed by atoms with E-state index in [0.717, 1.165) is 17.1 Å². The van der Waals surface area contributed by atoms with Gasteiger partial charge in [-0.2, -0.15) is 0 Å². The average molecular weight is 953 g/mol. The first-order chi connectivity index (χ1) is 36.0. The van der Waals surface area contributed by atoms with Crippen LogP contribution < -0.4 is 10.2 Å². The number of nitrogens with one attached hydrogen (secondary N) is 1. The van der Waals surface area contributed by atoms with E-state index in [1.807, 2.05) is 0 Å². The molecule has 1 heterocycles. The summed E-state index contributed by atoms with van der Waals surface area (Å²) < 4.78 is 0. The van der Waals surface area contributed by atoms with E-state index in [0.29, 0.717) is 0 Å². The van der Waals surface area contributed by atoms with Crippen molar-refractivity contribution in [3.05, 3.63) is 303 Å². The first-order valence-corrected chi connectivity index (χ1v) is 26.2. The highest BCUT2D eigenvalue weighted by Crippen LogP contribution is 2.61. The van der Waals surface area contributed by atoms with Crippen LogP contribution in [0, 0.1) is 0 Å². The van der Waals surface area contributed by atoms with Gasteiger partial charge < -0.3 is 10.2 Å². The highest BCUT2D eigenvalue weighted by molar-refractivity contribution is 5.95. The lowest BCUT2D eigenvalue weighted by atomic mass is 9.66. The lowest BCUT2D eigenvalue weighted by molar-refractivity contribution is 0.631. The van der Waals surface area contributed by atoms with Crippen LogP contribution in [0.25, 0.3) is 34.4 Å². The van der Waals surface area contributed by atoms with Gasteiger partial charge in [0.25, 0.3) is 0 Å². The number of nitrogens with zero attached hydrogens (tertiary/aromatic N) is 1. The summed E-state index contributed by atoms with van der Waals surface area (Å²) in [6, 6.07) is 88.1. The zero-order chi connectivity index (χ0) is 50.4. The first kappa shape index (κ1) is 45.4. The molecule has 10 aromatic rings. The Morgan fingerprint density at radius 1 is 0.392 bits per heavy atom. The van der Waals surface area contributed by atoms with Crippen molar-refractivity contribution in [2.24, 2.45) is 0 Å². The molecule has 0 bridgehead atoms. The molecule has 0 saturated heterocycles. The van der Waals surface area contributed by atoms with E-state index >= 15 is 0 Å². The Labute approximate surface area is 437 Å². The van der Waals surface area contributed by atoms with Gasteiger partial charge in [0.15, 0.2) is 0 Å². The number of hydrogen-bond donors (Lipinski definition) is 1. The van der Waals surface area contributed by atoms with Crippen LogP contribution in [-0.4, -0.2) is 0 Å². The maximum Gasteiger partial charge on any atom is 0.0714 e. The van der Waals surface area contributed by atoms with Crippen LogP contribution in [0.1, 0.15) is 108 Å². The van der Waals surface area contributed by atoms with Crippen LogP contribution in [0.15, 0.2) is 237 Å². The van der Waals surface area contributed by atoms with Crippen LogP contribution in [0.2, 0.25) is 0 Å². The van der Waals surface area contributed by atoms with Crippen LogP contribution in [0.5, 0.6) is 0 Å². The van der Waals surface area contributed by atoms with Crippen LogP contribution in [0.4, 0.5) is 28.4 Å². The highest BCUT2D eigenvalue weighted by Gasteiger charge is 2.49. The Morgan fingerprint density at radius 2 is 0.878 bits per heavy atom. The van der Waals surface area contributed by atoms with Gasteiger partial charge in [-0.15, -0.1) is 0 Å². The maximum absolute atomic E-state index is 3.86. The molecular weight excluding hydrogens is 893 g/mol. The number of para-hydroxylation sites is 3. The summed E-state index contributed by atoms with van der Waals surface area (Å²) >= 11 is 0. The topological polar surface area (TPSA) is 15.3 Å². The van der Waals surface area contributed by atoms with Crippen LogP contribution in [-0.2, 0) is 21.7 Å². The van der Waals surface area contributed by atoms with Gasteiger partial charge in [-0.05, 0) is 150 Å². The summed E-state index contributed by atoms with van der Waals surface area (Å²) in [5.74, 6) is 0. The Hall–Kier alpha value is -8.46. The molecule has 13 rings (SSSR count). The molecule has 0 amide bonds. The minimum atomic E-state index is -0.582. The van der Waals surface area contributed by atoms with Crippen molar-refractivity contribution in [3.8, 4) is 22.3 Å². The van der Waals surface area contributed by atoms with Crippen LogP contribution >= 0.6 is 0 Å². The predicted octanol–water partition coefficient (Wildman–Crippen LogP) is 18.7. The molecule has 0 saturated carbocycles. The monoisotopic (exact) mass is 952 g/mol. The minimum absolute atomic E-state index is 0.216. The summed E-state index contributed by atoms with van der Waals surface area (Å²) in [5.41, 5.74) is 25.1. The Balaban J connectivity index is 0.941. The molecule has 1 N–H and O–H groups in total. The van der Waals surface area contributed by atoms with E-state index in [2.05, 4.69) is 300 Å². The largest absolute Gasteiger partial charge is 0.355 e. The lowest BCUT2D eigenvalue weighted by Gasteiger charge is -2.43. The standard InChI is InChI=1S/C72H60N2/c1-69(2,50-24-12-7-13-25-50)64-44-57-55-40-38-48(42-60(55)71(5,6)61(57)46-66(64)73-53-30-18-10-19-31-53)36-37-49-39-41-56-58-45-65-68(74(54-32-20-11-21-33-54)67-35-23-22-34-59(67)70(65,3)4)47-63(58)72(62(56)43-49,51-26-14-8-15-27-51)52-28-16-9-17-29-52/h7-47,73H,1-6H3/b37-36+. The summed E-state index contributed by atoms with van der Waals surface area (Å²) in [7, 11) is 0. The fraction of sp³-hybridized carbons (Fsp3) is 0.139. The fourth-order valence-corrected chi connectivity index (χ4v) is 13.1. The third-order valence-electron chi connectivity index (χ3n) is 17.0. The van der Waals surface area contributed by atoms with Crippen molar-refractivity contribution in [1.29, 1.82) is 0 Å². The SMILES string of the molecule is CC(C)(c1ccccc1)c1cc2c(cc1Nc1ccccc1)C(C)(C)c1cc(/C=C/c3ccc4c(c3)C(c3ccccc3)(c3ccccc3)c3cc5c(cc3-4)C(C)(C)c3ccccc3N5c3ccccc3)ccc1-2.